The smallest absolute Gasteiger partial charge is 0.312 e. The van der Waals surface area contributed by atoms with Gasteiger partial charge in [0.25, 0.3) is 15.1 Å². The Kier molecular flexibility index (Phi) is 5.99. The SMILES string of the molecule is C[N+](C)([O-])CCCNS(=O)(=O)C(=C(F)F)N(F)F. The van der Waals surface area contributed by atoms with Crippen LogP contribution in [-0.4, -0.2) is 45.6 Å². The Bertz CT molecular complexity index is 401. The minimum atomic E-state index is -4.99. The number of halogens is 4. The number of nitrogens with zero attached hydrogens (tertiary/aromatic N) is 2. The van der Waals surface area contributed by atoms with Gasteiger partial charge >= 0.3 is 6.08 Å². The molecule has 0 aliphatic heterocycles. The monoisotopic (exact) mass is 295 g/mol. The normalized spacial score (nSPS) is 12.4. The lowest BCUT2D eigenvalue weighted by atomic mass is 10.4. The van der Waals surface area contributed by atoms with Gasteiger partial charge < -0.3 is 9.85 Å². The third-order valence-electron chi connectivity index (χ3n) is 1.74. The standard InChI is InChI=1S/C7H13F4N3O3S/c1-14(2,15)5-3-4-12-18(16,17)7(6(8)9)13(10)11/h12H,3-5H2,1-2H3. The van der Waals surface area contributed by atoms with Gasteiger partial charge in [-0.15, -0.1) is 0 Å². The summed E-state index contributed by atoms with van der Waals surface area (Å²) in [6.07, 6.45) is -3.00. The molecule has 18 heavy (non-hydrogen) atoms. The average Bonchev–Trinajstić information content (AvgIpc) is 2.08. The quantitative estimate of drug-likeness (QED) is 0.250. The van der Waals surface area contributed by atoms with Crippen LogP contribution in [-0.2, 0) is 10.0 Å². The summed E-state index contributed by atoms with van der Waals surface area (Å²) < 4.78 is 71.0. The van der Waals surface area contributed by atoms with Crippen molar-refractivity contribution in [1.82, 2.24) is 10.1 Å². The molecule has 0 fully saturated rings. The van der Waals surface area contributed by atoms with E-state index in [-0.39, 0.29) is 13.0 Å². The number of hydrogen-bond donors (Lipinski definition) is 1. The summed E-state index contributed by atoms with van der Waals surface area (Å²) in [5, 5.41) is 6.52. The second kappa shape index (κ2) is 6.31. The zero-order valence-electron chi connectivity index (χ0n) is 9.66. The number of nitrogens with one attached hydrogen (secondary N) is 1. The lowest BCUT2D eigenvalue weighted by molar-refractivity contribution is -0.840. The first-order valence-corrected chi connectivity index (χ1v) is 6.16. The summed E-state index contributed by atoms with van der Waals surface area (Å²) in [6, 6.07) is 0. The van der Waals surface area contributed by atoms with Crippen LogP contribution in [0, 0.1) is 5.21 Å². The highest BCUT2D eigenvalue weighted by Gasteiger charge is 2.30. The summed E-state index contributed by atoms with van der Waals surface area (Å²) in [4.78, 5) is 0. The molecule has 11 heteroatoms. The summed E-state index contributed by atoms with van der Waals surface area (Å²) in [5.74, 6) is 0. The van der Waals surface area contributed by atoms with Gasteiger partial charge in [0.2, 0.25) is 0 Å². The number of sulfonamides is 1. The van der Waals surface area contributed by atoms with Gasteiger partial charge in [0.15, 0.2) is 0 Å². The minimum Gasteiger partial charge on any atom is -0.633 e. The second-order valence-electron chi connectivity index (χ2n) is 3.85. The molecule has 6 nitrogen and oxygen atoms in total. The van der Waals surface area contributed by atoms with Crippen LogP contribution >= 0.6 is 0 Å². The number of hydrogen-bond acceptors (Lipinski definition) is 4. The van der Waals surface area contributed by atoms with Crippen LogP contribution < -0.4 is 4.72 Å². The first-order valence-electron chi connectivity index (χ1n) is 4.68. The molecule has 0 unspecified atom stereocenters. The van der Waals surface area contributed by atoms with E-state index in [1.54, 1.807) is 4.72 Å². The molecule has 0 aliphatic rings. The van der Waals surface area contributed by atoms with Gasteiger partial charge in [-0.2, -0.15) is 8.78 Å². The van der Waals surface area contributed by atoms with Crippen LogP contribution in [0.3, 0.4) is 0 Å². The summed E-state index contributed by atoms with van der Waals surface area (Å²) in [7, 11) is -2.40. The Labute approximate surface area is 102 Å². The van der Waals surface area contributed by atoms with E-state index in [2.05, 4.69) is 0 Å². The predicted octanol–water partition coefficient (Wildman–Crippen LogP) is 1.01. The molecule has 0 radical (unpaired) electrons. The highest BCUT2D eigenvalue weighted by Crippen LogP contribution is 2.19. The molecule has 0 atom stereocenters. The van der Waals surface area contributed by atoms with E-state index in [1.807, 2.05) is 0 Å². The van der Waals surface area contributed by atoms with Crippen LogP contribution in [0.4, 0.5) is 17.7 Å². The molecule has 0 bridgehead atoms. The van der Waals surface area contributed by atoms with Crippen LogP contribution in [0.5, 0.6) is 0 Å². The molecule has 0 aromatic rings. The molecular weight excluding hydrogens is 282 g/mol. The summed E-state index contributed by atoms with van der Waals surface area (Å²) in [6.45, 7) is -0.383. The van der Waals surface area contributed by atoms with E-state index in [0.717, 1.165) is 0 Å². The van der Waals surface area contributed by atoms with Crippen LogP contribution in [0.1, 0.15) is 6.42 Å². The zero-order chi connectivity index (χ0) is 14.6. The average molecular weight is 295 g/mol. The van der Waals surface area contributed by atoms with Gasteiger partial charge in [0.05, 0.1) is 20.6 Å². The minimum absolute atomic E-state index is 0.00857. The van der Waals surface area contributed by atoms with Crippen molar-refractivity contribution in [2.45, 2.75) is 6.42 Å². The van der Waals surface area contributed by atoms with Crippen LogP contribution in [0.2, 0.25) is 0 Å². The van der Waals surface area contributed by atoms with E-state index in [4.69, 9.17) is 0 Å². The number of quaternary nitrogens is 1. The third kappa shape index (κ3) is 6.14. The molecule has 0 heterocycles. The molecule has 0 amide bonds. The zero-order valence-corrected chi connectivity index (χ0v) is 10.5. The molecule has 0 saturated heterocycles. The van der Waals surface area contributed by atoms with E-state index in [1.165, 1.54) is 14.1 Å². The molecule has 1 N–H and O–H groups in total. The fourth-order valence-corrected chi connectivity index (χ4v) is 1.93. The van der Waals surface area contributed by atoms with Crippen molar-refractivity contribution in [1.29, 1.82) is 0 Å². The van der Waals surface area contributed by atoms with Crippen LogP contribution in [0.25, 0.3) is 0 Å². The van der Waals surface area contributed by atoms with Gasteiger partial charge in [0.1, 0.15) is 0 Å². The van der Waals surface area contributed by atoms with Crippen molar-refractivity contribution < 1.29 is 30.8 Å². The van der Waals surface area contributed by atoms with Crippen molar-refractivity contribution in [2.24, 2.45) is 0 Å². The fourth-order valence-electron chi connectivity index (χ4n) is 0.991. The van der Waals surface area contributed by atoms with Gasteiger partial charge in [0, 0.05) is 13.0 Å². The van der Waals surface area contributed by atoms with E-state index >= 15 is 0 Å². The maximum atomic E-state index is 12.0. The van der Waals surface area contributed by atoms with Gasteiger partial charge in [-0.1, -0.05) is 8.96 Å². The van der Waals surface area contributed by atoms with Crippen molar-refractivity contribution in [3.05, 3.63) is 16.3 Å². The molecule has 0 saturated carbocycles. The van der Waals surface area contributed by atoms with Crippen molar-refractivity contribution in [2.75, 3.05) is 27.2 Å². The molecule has 0 aromatic carbocycles. The maximum absolute atomic E-state index is 12.0. The van der Waals surface area contributed by atoms with E-state index in [0.29, 0.717) is 0 Å². The van der Waals surface area contributed by atoms with Crippen molar-refractivity contribution in [3.63, 3.8) is 0 Å². The Hall–Kier alpha value is -0.910. The molecule has 0 rings (SSSR count). The first kappa shape index (κ1) is 17.1. The Morgan fingerprint density at radius 2 is 1.83 bits per heavy atom. The summed E-state index contributed by atoms with van der Waals surface area (Å²) in [5.41, 5.74) is 0. The second-order valence-corrected chi connectivity index (χ2v) is 5.53. The Morgan fingerprint density at radius 1 is 1.33 bits per heavy atom. The van der Waals surface area contributed by atoms with Gasteiger partial charge in [-0.25, -0.2) is 13.1 Å². The number of rotatable bonds is 7. The van der Waals surface area contributed by atoms with E-state index in [9.17, 15) is 31.4 Å². The van der Waals surface area contributed by atoms with Gasteiger partial charge in [-0.05, 0) is 5.34 Å². The van der Waals surface area contributed by atoms with Crippen molar-refractivity contribution in [3.8, 4) is 0 Å². The topological polar surface area (TPSA) is 72.5 Å². The Balaban J connectivity index is 4.55. The molecule has 0 spiro atoms. The molecule has 0 aliphatic carbocycles. The van der Waals surface area contributed by atoms with E-state index < -0.39 is 37.7 Å². The molecule has 108 valence electrons. The summed E-state index contributed by atoms with van der Waals surface area (Å²) >= 11 is 0. The van der Waals surface area contributed by atoms with Gasteiger partial charge in [-0.3, -0.25) is 0 Å². The predicted molar refractivity (Wildman–Crippen MR) is 55.2 cm³/mol. The fraction of sp³-hybridized carbons (Fsp3) is 0.714. The molecular formula is C7H13F4N3O3S. The highest BCUT2D eigenvalue weighted by molar-refractivity contribution is 7.93. The Morgan fingerprint density at radius 3 is 2.17 bits per heavy atom. The lowest BCUT2D eigenvalue weighted by Gasteiger charge is -2.33. The van der Waals surface area contributed by atoms with Crippen molar-refractivity contribution >= 4 is 10.0 Å². The van der Waals surface area contributed by atoms with Crippen LogP contribution in [0.15, 0.2) is 11.1 Å². The molecule has 0 aromatic heterocycles. The third-order valence-corrected chi connectivity index (χ3v) is 3.12. The largest absolute Gasteiger partial charge is 0.633 e. The first-order chi connectivity index (χ1) is 7.97. The maximum Gasteiger partial charge on any atom is 0.312 e. The number of hydroxylamine groups is 3. The lowest BCUT2D eigenvalue weighted by Crippen LogP contribution is -2.36. The highest BCUT2D eigenvalue weighted by atomic mass is 32.2.